The number of nitrogens with zero attached hydrogens (tertiary/aromatic N) is 3. The molecule has 3 heterocycles. The maximum atomic E-state index is 13.2. The first-order valence-electron chi connectivity index (χ1n) is 11.7. The van der Waals surface area contributed by atoms with Crippen molar-refractivity contribution in [2.75, 3.05) is 25.0 Å². The normalized spacial score (nSPS) is 16.6. The topological polar surface area (TPSA) is 110 Å². The molecule has 0 aliphatic carbocycles. The highest BCUT2D eigenvalue weighted by molar-refractivity contribution is 7.18. The molecule has 1 aliphatic rings. The van der Waals surface area contributed by atoms with Gasteiger partial charge in [0.15, 0.2) is 0 Å². The lowest BCUT2D eigenvalue weighted by molar-refractivity contribution is -0.143. The summed E-state index contributed by atoms with van der Waals surface area (Å²) in [5, 5.41) is 2.89. The summed E-state index contributed by atoms with van der Waals surface area (Å²) in [7, 11) is 0. The summed E-state index contributed by atoms with van der Waals surface area (Å²) in [4.78, 5) is 56.2. The molecular formula is C26H25ClN4O5S. The van der Waals surface area contributed by atoms with Crippen LogP contribution >= 0.6 is 22.9 Å². The van der Waals surface area contributed by atoms with Crippen LogP contribution in [0.25, 0.3) is 5.69 Å². The Morgan fingerprint density at radius 3 is 2.59 bits per heavy atom. The summed E-state index contributed by atoms with van der Waals surface area (Å²) >= 11 is 7.07. The maximum Gasteiger partial charge on any atom is 0.307 e. The molecule has 0 bridgehead atoms. The molecule has 1 aliphatic heterocycles. The first-order chi connectivity index (χ1) is 17.8. The lowest BCUT2D eigenvalue weighted by Gasteiger charge is -2.22. The number of hydrogen-bond acceptors (Lipinski definition) is 7. The number of ether oxygens (including phenoxy) is 1. The molecule has 1 N–H and O–H groups in total. The molecule has 192 valence electrons. The molecule has 2 aromatic heterocycles. The molecule has 1 atom stereocenters. The summed E-state index contributed by atoms with van der Waals surface area (Å²) in [5.74, 6) is -1.06. The van der Waals surface area contributed by atoms with Crippen molar-refractivity contribution >= 4 is 52.1 Å². The summed E-state index contributed by atoms with van der Waals surface area (Å²) in [6.07, 6.45) is 2.03. The second kappa shape index (κ2) is 12.1. The van der Waals surface area contributed by atoms with E-state index in [1.807, 2.05) is 4.90 Å². The summed E-state index contributed by atoms with van der Waals surface area (Å²) in [6.45, 7) is 2.57. The number of nitrogens with one attached hydrogen (secondary N) is 1. The average Bonchev–Trinajstić information content (AvgIpc) is 3.50. The van der Waals surface area contributed by atoms with Crippen LogP contribution in [0.1, 0.15) is 29.4 Å². The Morgan fingerprint density at radius 1 is 1.14 bits per heavy atom. The number of anilines is 1. The minimum Gasteiger partial charge on any atom is -0.466 e. The fourth-order valence-corrected chi connectivity index (χ4v) is 4.93. The van der Waals surface area contributed by atoms with Crippen molar-refractivity contribution in [2.24, 2.45) is 4.99 Å². The first kappa shape index (κ1) is 26.5. The van der Waals surface area contributed by atoms with Gasteiger partial charge in [0.05, 0.1) is 28.3 Å². The molecule has 0 saturated carbocycles. The summed E-state index contributed by atoms with van der Waals surface area (Å²) in [6, 6.07) is 14.4. The van der Waals surface area contributed by atoms with Crippen molar-refractivity contribution in [3.05, 3.63) is 80.4 Å². The van der Waals surface area contributed by atoms with Gasteiger partial charge in [0.25, 0.3) is 11.5 Å². The number of likely N-dealkylation sites (tertiary alicyclic amines) is 1. The fraction of sp³-hybridized carbons (Fsp3) is 0.269. The van der Waals surface area contributed by atoms with Gasteiger partial charge in [-0.1, -0.05) is 17.7 Å². The van der Waals surface area contributed by atoms with Crippen LogP contribution in [0, 0.1) is 0 Å². The fourth-order valence-electron chi connectivity index (χ4n) is 4.00. The zero-order chi connectivity index (χ0) is 26.4. The van der Waals surface area contributed by atoms with Crippen LogP contribution in [0.4, 0.5) is 5.69 Å². The van der Waals surface area contributed by atoms with Crippen molar-refractivity contribution in [2.45, 2.75) is 25.8 Å². The van der Waals surface area contributed by atoms with E-state index in [1.54, 1.807) is 61.7 Å². The minimum atomic E-state index is -0.621. The highest BCUT2D eigenvalue weighted by Gasteiger charge is 2.35. The van der Waals surface area contributed by atoms with Gasteiger partial charge in [0.2, 0.25) is 5.91 Å². The molecule has 0 spiro atoms. The smallest absolute Gasteiger partial charge is 0.307 e. The SMILES string of the molecule is CCOC(=O)CCN1CC(=NC(=O)c2ccc(Cl)s2)CC1C(=O)Nc1ccc(-n2ccccc2=O)cc1. The van der Waals surface area contributed by atoms with E-state index in [1.165, 1.54) is 10.6 Å². The predicted molar refractivity (Wildman–Crippen MR) is 143 cm³/mol. The number of halogens is 1. The minimum absolute atomic E-state index is 0.111. The zero-order valence-corrected chi connectivity index (χ0v) is 21.6. The standard InChI is InChI=1S/C26H25ClN4O5S/c1-2-36-24(33)12-14-30-16-18(29-26(35)21-10-11-22(27)37-21)15-20(30)25(34)28-17-6-8-19(9-7-17)31-13-4-3-5-23(31)32/h3-11,13,20H,2,12,14-16H2,1H3,(H,28,34). The van der Waals surface area contributed by atoms with Crippen molar-refractivity contribution in [3.8, 4) is 5.69 Å². The monoisotopic (exact) mass is 540 g/mol. The largest absolute Gasteiger partial charge is 0.466 e. The van der Waals surface area contributed by atoms with Crippen LogP contribution in [0.3, 0.4) is 0 Å². The second-order valence-electron chi connectivity index (χ2n) is 8.28. The molecule has 1 unspecified atom stereocenters. The highest BCUT2D eigenvalue weighted by atomic mass is 35.5. The third kappa shape index (κ3) is 6.79. The number of hydrogen-bond donors (Lipinski definition) is 1. The van der Waals surface area contributed by atoms with Gasteiger partial charge in [-0.15, -0.1) is 11.3 Å². The molecule has 37 heavy (non-hydrogen) atoms. The molecule has 1 saturated heterocycles. The van der Waals surface area contributed by atoms with E-state index in [4.69, 9.17) is 16.3 Å². The van der Waals surface area contributed by atoms with Crippen molar-refractivity contribution < 1.29 is 19.1 Å². The Bertz CT molecular complexity index is 1380. The van der Waals surface area contributed by atoms with Gasteiger partial charge in [-0.05, 0) is 49.4 Å². The van der Waals surface area contributed by atoms with Crippen molar-refractivity contribution in [1.29, 1.82) is 0 Å². The molecule has 3 aromatic rings. The van der Waals surface area contributed by atoms with Gasteiger partial charge in [-0.3, -0.25) is 28.6 Å². The Kier molecular flexibility index (Phi) is 8.65. The number of aromatic nitrogens is 1. The van der Waals surface area contributed by atoms with Gasteiger partial charge in [0, 0.05) is 48.9 Å². The zero-order valence-electron chi connectivity index (χ0n) is 20.1. The van der Waals surface area contributed by atoms with E-state index < -0.39 is 11.9 Å². The van der Waals surface area contributed by atoms with Gasteiger partial charge >= 0.3 is 5.97 Å². The number of aliphatic imine (C=N–C) groups is 1. The van der Waals surface area contributed by atoms with Gasteiger partial charge in [0.1, 0.15) is 0 Å². The molecule has 1 fully saturated rings. The Balaban J connectivity index is 1.48. The predicted octanol–water partition coefficient (Wildman–Crippen LogP) is 3.80. The number of pyridine rings is 1. The Hall–Kier alpha value is -3.60. The number of carbonyl (C=O) groups excluding carboxylic acids is 3. The van der Waals surface area contributed by atoms with E-state index >= 15 is 0 Å². The second-order valence-corrected chi connectivity index (χ2v) is 9.99. The average molecular weight is 541 g/mol. The maximum absolute atomic E-state index is 13.2. The Morgan fingerprint density at radius 2 is 1.92 bits per heavy atom. The third-order valence-corrected chi connectivity index (χ3v) is 6.96. The van der Waals surface area contributed by atoms with Crippen LogP contribution in [-0.4, -0.2) is 58.7 Å². The Labute approximate surface area is 222 Å². The van der Waals surface area contributed by atoms with Crippen LogP contribution in [0.2, 0.25) is 4.34 Å². The number of benzene rings is 1. The lowest BCUT2D eigenvalue weighted by atomic mass is 10.1. The van der Waals surface area contributed by atoms with Crippen LogP contribution in [0.15, 0.2) is 70.6 Å². The van der Waals surface area contributed by atoms with Gasteiger partial charge in [-0.2, -0.15) is 0 Å². The van der Waals surface area contributed by atoms with Crippen LogP contribution in [0.5, 0.6) is 0 Å². The van der Waals surface area contributed by atoms with E-state index in [2.05, 4.69) is 10.3 Å². The third-order valence-electron chi connectivity index (χ3n) is 5.75. The number of rotatable bonds is 8. The van der Waals surface area contributed by atoms with Crippen LogP contribution < -0.4 is 10.9 Å². The highest BCUT2D eigenvalue weighted by Crippen LogP contribution is 2.24. The molecule has 1 aromatic carbocycles. The van der Waals surface area contributed by atoms with E-state index in [0.717, 1.165) is 11.3 Å². The molecule has 0 radical (unpaired) electrons. The molecule has 4 rings (SSSR count). The van der Waals surface area contributed by atoms with E-state index in [9.17, 15) is 19.2 Å². The van der Waals surface area contributed by atoms with Gasteiger partial charge in [-0.25, -0.2) is 4.99 Å². The number of thiophene rings is 1. The number of carbonyl (C=O) groups is 3. The summed E-state index contributed by atoms with van der Waals surface area (Å²) < 4.78 is 7.01. The molecule has 11 heteroatoms. The number of amides is 2. The van der Waals surface area contributed by atoms with Gasteiger partial charge < -0.3 is 10.1 Å². The molecular weight excluding hydrogens is 516 g/mol. The summed E-state index contributed by atoms with van der Waals surface area (Å²) in [5.41, 5.74) is 1.62. The van der Waals surface area contributed by atoms with Crippen LogP contribution in [-0.2, 0) is 14.3 Å². The quantitative estimate of drug-likeness (QED) is 0.435. The van der Waals surface area contributed by atoms with Crippen molar-refractivity contribution in [1.82, 2.24) is 9.47 Å². The first-order valence-corrected chi connectivity index (χ1v) is 12.9. The van der Waals surface area contributed by atoms with E-state index in [-0.39, 0.29) is 50.0 Å². The van der Waals surface area contributed by atoms with E-state index in [0.29, 0.717) is 26.3 Å². The number of esters is 1. The lowest BCUT2D eigenvalue weighted by Crippen LogP contribution is -2.40. The molecule has 9 nitrogen and oxygen atoms in total. The van der Waals surface area contributed by atoms with Crippen molar-refractivity contribution in [3.63, 3.8) is 0 Å². The molecule has 2 amide bonds.